The fourth-order valence-electron chi connectivity index (χ4n) is 5.34. The second-order valence-electron chi connectivity index (χ2n) is 9.24. The Kier molecular flexibility index (Phi) is 6.93. The summed E-state index contributed by atoms with van der Waals surface area (Å²) in [7, 11) is 1.74. The molecule has 33 heavy (non-hydrogen) atoms. The van der Waals surface area contributed by atoms with E-state index in [1.807, 2.05) is 23.1 Å². The number of aromatic nitrogens is 2. The lowest BCUT2D eigenvalue weighted by atomic mass is 10.0. The number of ether oxygens (including phenoxy) is 1. The number of hydrogen-bond donors (Lipinski definition) is 0. The van der Waals surface area contributed by atoms with E-state index in [1.165, 1.54) is 36.2 Å². The third kappa shape index (κ3) is 5.40. The molecule has 2 aromatic carbocycles. The van der Waals surface area contributed by atoms with Crippen LogP contribution in [0.3, 0.4) is 0 Å². The maximum Gasteiger partial charge on any atom is 0.123 e. The molecule has 0 amide bonds. The monoisotopic (exact) mass is 445 g/mol. The number of piperidine rings is 1. The zero-order valence-corrected chi connectivity index (χ0v) is 19.6. The van der Waals surface area contributed by atoms with Crippen molar-refractivity contribution in [3.63, 3.8) is 0 Å². The Bertz CT molecular complexity index is 999. The SMILES string of the molecule is COc1ccc(CN2CCC[C@@H](N3CCN(c4ccccc4)CC3)C2)cc1Cn1cccn1. The summed E-state index contributed by atoms with van der Waals surface area (Å²) in [6, 6.07) is 20.1. The molecule has 3 heterocycles. The number of hydrogen-bond acceptors (Lipinski definition) is 5. The molecule has 0 radical (unpaired) electrons. The summed E-state index contributed by atoms with van der Waals surface area (Å²) in [5, 5.41) is 4.36. The molecule has 2 aliphatic heterocycles. The summed E-state index contributed by atoms with van der Waals surface area (Å²) < 4.78 is 7.56. The van der Waals surface area contributed by atoms with E-state index in [-0.39, 0.29) is 0 Å². The van der Waals surface area contributed by atoms with Gasteiger partial charge in [-0.2, -0.15) is 5.10 Å². The lowest BCUT2D eigenvalue weighted by molar-refractivity contribution is 0.0887. The second-order valence-corrected chi connectivity index (χ2v) is 9.24. The number of para-hydroxylation sites is 1. The van der Waals surface area contributed by atoms with Crippen LogP contribution in [0.25, 0.3) is 0 Å². The van der Waals surface area contributed by atoms with Crippen molar-refractivity contribution in [1.29, 1.82) is 0 Å². The Balaban J connectivity index is 1.18. The van der Waals surface area contributed by atoms with E-state index >= 15 is 0 Å². The molecule has 0 saturated carbocycles. The molecule has 5 rings (SSSR count). The van der Waals surface area contributed by atoms with Crippen LogP contribution in [-0.4, -0.2) is 72.0 Å². The number of nitrogens with zero attached hydrogens (tertiary/aromatic N) is 5. The highest BCUT2D eigenvalue weighted by atomic mass is 16.5. The molecule has 6 nitrogen and oxygen atoms in total. The molecule has 0 N–H and O–H groups in total. The van der Waals surface area contributed by atoms with Gasteiger partial charge in [0.2, 0.25) is 0 Å². The summed E-state index contributed by atoms with van der Waals surface area (Å²) >= 11 is 0. The predicted octanol–water partition coefficient (Wildman–Crippen LogP) is 3.73. The van der Waals surface area contributed by atoms with Crippen LogP contribution in [0, 0.1) is 0 Å². The molecule has 2 fully saturated rings. The largest absolute Gasteiger partial charge is 0.496 e. The Morgan fingerprint density at radius 3 is 2.55 bits per heavy atom. The summed E-state index contributed by atoms with van der Waals surface area (Å²) in [6.07, 6.45) is 6.41. The third-order valence-electron chi connectivity index (χ3n) is 7.08. The van der Waals surface area contributed by atoms with Gasteiger partial charge in [-0.15, -0.1) is 0 Å². The zero-order chi connectivity index (χ0) is 22.5. The van der Waals surface area contributed by atoms with Gasteiger partial charge in [-0.25, -0.2) is 0 Å². The highest BCUT2D eigenvalue weighted by molar-refractivity contribution is 5.46. The lowest BCUT2D eigenvalue weighted by Gasteiger charge is -2.44. The standard InChI is InChI=1S/C27H35N5O/c1-33-27-11-10-23(19-24(27)21-32-14-6-12-28-32)20-29-13-5-9-26(22-29)31-17-15-30(16-18-31)25-7-3-2-4-8-25/h2-4,6-8,10-12,14,19,26H,5,9,13,15-18,20-22H2,1H3/t26-/m1/s1. The fourth-order valence-corrected chi connectivity index (χ4v) is 5.34. The maximum atomic E-state index is 5.61. The highest BCUT2D eigenvalue weighted by Crippen LogP contribution is 2.25. The van der Waals surface area contributed by atoms with Gasteiger partial charge in [0.25, 0.3) is 0 Å². The Hall–Kier alpha value is -2.83. The van der Waals surface area contributed by atoms with Gasteiger partial charge in [-0.3, -0.25) is 14.5 Å². The minimum absolute atomic E-state index is 0.665. The van der Waals surface area contributed by atoms with E-state index in [1.54, 1.807) is 7.11 Å². The van der Waals surface area contributed by atoms with Gasteiger partial charge in [-0.05, 0) is 55.3 Å². The molecule has 3 aromatic rings. The molecule has 0 aliphatic carbocycles. The average molecular weight is 446 g/mol. The highest BCUT2D eigenvalue weighted by Gasteiger charge is 2.28. The molecule has 0 spiro atoms. The molecular formula is C27H35N5O. The van der Waals surface area contributed by atoms with Crippen LogP contribution in [0.4, 0.5) is 5.69 Å². The Labute approximate surface area is 197 Å². The van der Waals surface area contributed by atoms with Crippen molar-refractivity contribution < 1.29 is 4.74 Å². The van der Waals surface area contributed by atoms with E-state index in [4.69, 9.17) is 4.74 Å². The number of likely N-dealkylation sites (tertiary alicyclic amines) is 1. The van der Waals surface area contributed by atoms with E-state index in [2.05, 4.69) is 68.3 Å². The van der Waals surface area contributed by atoms with Gasteiger partial charge in [0.05, 0.1) is 13.7 Å². The first-order valence-corrected chi connectivity index (χ1v) is 12.2. The average Bonchev–Trinajstić information content (AvgIpc) is 3.38. The molecule has 174 valence electrons. The van der Waals surface area contributed by atoms with Gasteiger partial charge in [0, 0.05) is 69.0 Å². The number of benzene rings is 2. The van der Waals surface area contributed by atoms with E-state index < -0.39 is 0 Å². The molecular weight excluding hydrogens is 410 g/mol. The van der Waals surface area contributed by atoms with Crippen molar-refractivity contribution in [1.82, 2.24) is 19.6 Å². The van der Waals surface area contributed by atoms with Crippen LogP contribution >= 0.6 is 0 Å². The first-order valence-electron chi connectivity index (χ1n) is 12.2. The maximum absolute atomic E-state index is 5.61. The molecule has 2 aliphatic rings. The minimum atomic E-state index is 0.665. The summed E-state index contributed by atoms with van der Waals surface area (Å²) in [6.45, 7) is 8.63. The Morgan fingerprint density at radius 2 is 1.79 bits per heavy atom. The van der Waals surface area contributed by atoms with Crippen molar-refractivity contribution >= 4 is 5.69 Å². The van der Waals surface area contributed by atoms with Gasteiger partial charge in [0.1, 0.15) is 5.75 Å². The topological polar surface area (TPSA) is 36.8 Å². The number of piperazine rings is 1. The number of anilines is 1. The molecule has 2 saturated heterocycles. The normalized spacial score (nSPS) is 20.2. The van der Waals surface area contributed by atoms with Crippen LogP contribution < -0.4 is 9.64 Å². The second kappa shape index (κ2) is 10.4. The van der Waals surface area contributed by atoms with E-state index in [9.17, 15) is 0 Å². The summed E-state index contributed by atoms with van der Waals surface area (Å²) in [5.74, 6) is 0.932. The van der Waals surface area contributed by atoms with Crippen molar-refractivity contribution in [3.8, 4) is 5.75 Å². The van der Waals surface area contributed by atoms with Crippen molar-refractivity contribution in [2.75, 3.05) is 51.3 Å². The van der Waals surface area contributed by atoms with Crippen molar-refractivity contribution in [3.05, 3.63) is 78.1 Å². The zero-order valence-electron chi connectivity index (χ0n) is 19.6. The minimum Gasteiger partial charge on any atom is -0.496 e. The van der Waals surface area contributed by atoms with Gasteiger partial charge >= 0.3 is 0 Å². The number of methoxy groups -OCH3 is 1. The van der Waals surface area contributed by atoms with E-state index in [0.717, 1.165) is 51.6 Å². The van der Waals surface area contributed by atoms with Crippen molar-refractivity contribution in [2.24, 2.45) is 0 Å². The van der Waals surface area contributed by atoms with E-state index in [0.29, 0.717) is 6.04 Å². The van der Waals surface area contributed by atoms with Crippen LogP contribution in [0.1, 0.15) is 24.0 Å². The summed E-state index contributed by atoms with van der Waals surface area (Å²) in [5.41, 5.74) is 3.89. The molecule has 1 atom stereocenters. The molecule has 6 heteroatoms. The van der Waals surface area contributed by atoms with Crippen LogP contribution in [0.2, 0.25) is 0 Å². The molecule has 1 aromatic heterocycles. The smallest absolute Gasteiger partial charge is 0.123 e. The summed E-state index contributed by atoms with van der Waals surface area (Å²) in [4.78, 5) is 7.88. The first kappa shape index (κ1) is 22.0. The lowest BCUT2D eigenvalue weighted by Crippen LogP contribution is -2.55. The Morgan fingerprint density at radius 1 is 0.939 bits per heavy atom. The van der Waals surface area contributed by atoms with Crippen LogP contribution in [-0.2, 0) is 13.1 Å². The van der Waals surface area contributed by atoms with Crippen LogP contribution in [0.5, 0.6) is 5.75 Å². The fraction of sp³-hybridized carbons (Fsp3) is 0.444. The number of rotatable bonds is 7. The van der Waals surface area contributed by atoms with Gasteiger partial charge in [-0.1, -0.05) is 24.3 Å². The van der Waals surface area contributed by atoms with Crippen LogP contribution in [0.15, 0.2) is 67.0 Å². The molecule has 0 unspecified atom stereocenters. The van der Waals surface area contributed by atoms with Gasteiger partial charge < -0.3 is 9.64 Å². The quantitative estimate of drug-likeness (QED) is 0.554. The molecule has 0 bridgehead atoms. The van der Waals surface area contributed by atoms with Crippen molar-refractivity contribution in [2.45, 2.75) is 32.0 Å². The predicted molar refractivity (Wildman–Crippen MR) is 133 cm³/mol. The third-order valence-corrected chi connectivity index (χ3v) is 7.08. The van der Waals surface area contributed by atoms with Gasteiger partial charge in [0.15, 0.2) is 0 Å². The first-order chi connectivity index (χ1) is 16.3.